The smallest absolute Gasteiger partial charge is 0.248 e. The zero-order chi connectivity index (χ0) is 9.19. The van der Waals surface area contributed by atoms with Crippen LogP contribution in [0.25, 0.3) is 0 Å². The summed E-state index contributed by atoms with van der Waals surface area (Å²) in [7, 11) is 0. The predicted molar refractivity (Wildman–Crippen MR) is 40.7 cm³/mol. The maximum absolute atomic E-state index is 12.8. The fraction of sp³-hybridized carbons (Fsp3) is 0.875. The molecule has 0 aromatic heterocycles. The van der Waals surface area contributed by atoms with Gasteiger partial charge in [-0.25, -0.2) is 8.78 Å². The minimum atomic E-state index is -2.57. The molecule has 1 atom stereocenters. The molecular formula is C8H13F2NO. The van der Waals surface area contributed by atoms with Gasteiger partial charge in [-0.05, 0) is 18.8 Å². The van der Waals surface area contributed by atoms with Crippen molar-refractivity contribution in [3.05, 3.63) is 0 Å². The van der Waals surface area contributed by atoms with Gasteiger partial charge in [0.2, 0.25) is 11.8 Å². The lowest BCUT2D eigenvalue weighted by Gasteiger charge is -2.27. The van der Waals surface area contributed by atoms with Crippen molar-refractivity contribution in [2.24, 2.45) is 11.7 Å². The number of alkyl halides is 2. The highest BCUT2D eigenvalue weighted by Gasteiger charge is 2.36. The Morgan fingerprint density at radius 3 is 2.75 bits per heavy atom. The molecule has 1 fully saturated rings. The van der Waals surface area contributed by atoms with Crippen molar-refractivity contribution in [2.75, 3.05) is 0 Å². The van der Waals surface area contributed by atoms with E-state index in [9.17, 15) is 13.6 Å². The molecule has 1 unspecified atom stereocenters. The van der Waals surface area contributed by atoms with Gasteiger partial charge in [0.15, 0.2) is 0 Å². The van der Waals surface area contributed by atoms with E-state index in [1.807, 2.05) is 0 Å². The van der Waals surface area contributed by atoms with E-state index in [1.165, 1.54) is 0 Å². The van der Waals surface area contributed by atoms with Crippen LogP contribution in [-0.2, 0) is 4.79 Å². The number of amides is 1. The number of nitrogens with two attached hydrogens (primary N) is 1. The van der Waals surface area contributed by atoms with E-state index in [0.717, 1.165) is 0 Å². The largest absolute Gasteiger partial charge is 0.370 e. The average Bonchev–Trinajstić information content (AvgIpc) is 1.82. The Balaban J connectivity index is 2.41. The van der Waals surface area contributed by atoms with Crippen LogP contribution in [-0.4, -0.2) is 11.8 Å². The topological polar surface area (TPSA) is 43.1 Å². The molecule has 12 heavy (non-hydrogen) atoms. The molecule has 1 aliphatic carbocycles. The van der Waals surface area contributed by atoms with Gasteiger partial charge in [0.05, 0.1) is 0 Å². The molecule has 0 aromatic carbocycles. The molecule has 0 bridgehead atoms. The van der Waals surface area contributed by atoms with E-state index in [0.29, 0.717) is 12.8 Å². The van der Waals surface area contributed by atoms with Crippen LogP contribution in [0.5, 0.6) is 0 Å². The van der Waals surface area contributed by atoms with Crippen molar-refractivity contribution in [1.29, 1.82) is 0 Å². The van der Waals surface area contributed by atoms with E-state index in [1.54, 1.807) is 0 Å². The molecule has 0 aliphatic heterocycles. The van der Waals surface area contributed by atoms with Crippen LogP contribution in [0, 0.1) is 5.92 Å². The second-order valence-corrected chi connectivity index (χ2v) is 3.49. The summed E-state index contributed by atoms with van der Waals surface area (Å²) < 4.78 is 25.5. The molecule has 0 radical (unpaired) electrons. The third-order valence-electron chi connectivity index (χ3n) is 2.23. The Hall–Kier alpha value is -0.670. The molecule has 1 rings (SSSR count). The molecule has 2 N–H and O–H groups in total. The van der Waals surface area contributed by atoms with Gasteiger partial charge in [-0.15, -0.1) is 0 Å². The maximum atomic E-state index is 12.8. The molecule has 1 aliphatic rings. The van der Waals surface area contributed by atoms with Crippen LogP contribution >= 0.6 is 0 Å². The molecule has 0 spiro atoms. The quantitative estimate of drug-likeness (QED) is 0.685. The van der Waals surface area contributed by atoms with Crippen LogP contribution < -0.4 is 5.73 Å². The number of carbonyl (C=O) groups excluding carboxylic acids is 1. The minimum absolute atomic E-state index is 0.0394. The summed E-state index contributed by atoms with van der Waals surface area (Å²) in [5, 5.41) is 0. The highest BCUT2D eigenvalue weighted by atomic mass is 19.3. The van der Waals surface area contributed by atoms with Crippen molar-refractivity contribution in [3.8, 4) is 0 Å². The number of primary amides is 1. The highest BCUT2D eigenvalue weighted by molar-refractivity contribution is 5.73. The van der Waals surface area contributed by atoms with E-state index in [4.69, 9.17) is 5.73 Å². The van der Waals surface area contributed by atoms with Crippen LogP contribution in [0.4, 0.5) is 8.78 Å². The van der Waals surface area contributed by atoms with E-state index >= 15 is 0 Å². The first-order valence-corrected chi connectivity index (χ1v) is 4.16. The van der Waals surface area contributed by atoms with Gasteiger partial charge >= 0.3 is 0 Å². The number of halogens is 2. The zero-order valence-electron chi connectivity index (χ0n) is 6.85. The van der Waals surface area contributed by atoms with Crippen molar-refractivity contribution in [2.45, 2.75) is 38.0 Å². The van der Waals surface area contributed by atoms with Crippen molar-refractivity contribution in [3.63, 3.8) is 0 Å². The van der Waals surface area contributed by atoms with Gasteiger partial charge in [0.25, 0.3) is 0 Å². The average molecular weight is 177 g/mol. The third-order valence-corrected chi connectivity index (χ3v) is 2.23. The summed E-state index contributed by atoms with van der Waals surface area (Å²) >= 11 is 0. The summed E-state index contributed by atoms with van der Waals surface area (Å²) in [6, 6.07) is 0. The number of rotatable bonds is 2. The summed E-state index contributed by atoms with van der Waals surface area (Å²) in [6.07, 6.45) is 1.11. The van der Waals surface area contributed by atoms with Crippen molar-refractivity contribution >= 4 is 5.91 Å². The molecule has 2 nitrogen and oxygen atoms in total. The molecule has 0 saturated heterocycles. The Kier molecular flexibility index (Phi) is 2.65. The molecule has 0 aromatic rings. The van der Waals surface area contributed by atoms with Crippen LogP contribution in [0.3, 0.4) is 0 Å². The molecule has 1 saturated carbocycles. The van der Waals surface area contributed by atoms with Crippen LogP contribution in [0.1, 0.15) is 32.1 Å². The van der Waals surface area contributed by atoms with E-state index < -0.39 is 11.8 Å². The Bertz CT molecular complexity index is 182. The van der Waals surface area contributed by atoms with Gasteiger partial charge in [0.1, 0.15) is 0 Å². The molecule has 0 heterocycles. The number of hydrogen-bond acceptors (Lipinski definition) is 1. The Morgan fingerprint density at radius 2 is 2.25 bits per heavy atom. The van der Waals surface area contributed by atoms with Crippen LogP contribution in [0.15, 0.2) is 0 Å². The first kappa shape index (κ1) is 9.42. The monoisotopic (exact) mass is 177 g/mol. The number of carbonyl (C=O) groups is 1. The molecule has 4 heteroatoms. The van der Waals surface area contributed by atoms with Crippen molar-refractivity contribution < 1.29 is 13.6 Å². The van der Waals surface area contributed by atoms with Crippen molar-refractivity contribution in [1.82, 2.24) is 0 Å². The lowest BCUT2D eigenvalue weighted by Crippen LogP contribution is -2.28. The predicted octanol–water partition coefficient (Wildman–Crippen LogP) is 1.69. The SMILES string of the molecule is NC(=O)CC1CCCC(F)(F)C1. The standard InChI is InChI=1S/C8H13F2NO/c9-8(10)3-1-2-6(5-8)4-7(11)12/h6H,1-5H2,(H2,11,12). The summed E-state index contributed by atoms with van der Waals surface area (Å²) in [5.74, 6) is -3.25. The third kappa shape index (κ3) is 2.75. The second kappa shape index (κ2) is 3.37. The fourth-order valence-corrected chi connectivity index (χ4v) is 1.73. The lowest BCUT2D eigenvalue weighted by atomic mass is 9.84. The normalized spacial score (nSPS) is 28.3. The lowest BCUT2D eigenvalue weighted by molar-refractivity contribution is -0.120. The van der Waals surface area contributed by atoms with E-state index in [2.05, 4.69) is 0 Å². The molecule has 1 amide bonds. The van der Waals surface area contributed by atoms with Crippen LogP contribution in [0.2, 0.25) is 0 Å². The first-order valence-electron chi connectivity index (χ1n) is 4.16. The van der Waals surface area contributed by atoms with Gasteiger partial charge in [-0.1, -0.05) is 0 Å². The Morgan fingerprint density at radius 1 is 1.58 bits per heavy atom. The number of hydrogen-bond donors (Lipinski definition) is 1. The molecular weight excluding hydrogens is 164 g/mol. The highest BCUT2D eigenvalue weighted by Crippen LogP contribution is 2.37. The fourth-order valence-electron chi connectivity index (χ4n) is 1.73. The zero-order valence-corrected chi connectivity index (χ0v) is 6.85. The minimum Gasteiger partial charge on any atom is -0.370 e. The van der Waals surface area contributed by atoms with E-state index in [-0.39, 0.29) is 25.2 Å². The summed E-state index contributed by atoms with van der Waals surface area (Å²) in [5.41, 5.74) is 4.93. The maximum Gasteiger partial charge on any atom is 0.248 e. The van der Waals surface area contributed by atoms with Gasteiger partial charge in [-0.2, -0.15) is 0 Å². The van der Waals surface area contributed by atoms with Gasteiger partial charge in [0, 0.05) is 19.3 Å². The van der Waals surface area contributed by atoms with Gasteiger partial charge in [-0.3, -0.25) is 4.79 Å². The van der Waals surface area contributed by atoms with Gasteiger partial charge < -0.3 is 5.73 Å². The molecule has 70 valence electrons. The summed E-state index contributed by atoms with van der Waals surface area (Å²) in [4.78, 5) is 10.5. The first-order chi connectivity index (χ1) is 5.49. The summed E-state index contributed by atoms with van der Waals surface area (Å²) in [6.45, 7) is 0. The Labute approximate surface area is 70.1 Å². The second-order valence-electron chi connectivity index (χ2n) is 3.49.